The fourth-order valence-corrected chi connectivity index (χ4v) is 3.64. The number of hydrogen-bond acceptors (Lipinski definition) is 4. The predicted molar refractivity (Wildman–Crippen MR) is 116 cm³/mol. The summed E-state index contributed by atoms with van der Waals surface area (Å²) >= 11 is 1.62. The Hall–Kier alpha value is -3.38. The Morgan fingerprint density at radius 2 is 1.83 bits per heavy atom. The lowest BCUT2D eigenvalue weighted by molar-refractivity contribution is 0.201. The second-order valence-electron chi connectivity index (χ2n) is 6.68. The molecule has 0 saturated carbocycles. The molecule has 1 N–H and O–H groups in total. The van der Waals surface area contributed by atoms with Crippen LogP contribution in [-0.2, 0) is 13.1 Å². The summed E-state index contributed by atoms with van der Waals surface area (Å²) in [7, 11) is 0. The number of carbonyl (C=O) groups is 1. The van der Waals surface area contributed by atoms with Gasteiger partial charge in [-0.2, -0.15) is 0 Å². The van der Waals surface area contributed by atoms with Gasteiger partial charge in [-0.25, -0.2) is 9.78 Å². The highest BCUT2D eigenvalue weighted by atomic mass is 32.1. The van der Waals surface area contributed by atoms with Crippen molar-refractivity contribution in [1.29, 1.82) is 0 Å². The smallest absolute Gasteiger partial charge is 0.322 e. The van der Waals surface area contributed by atoms with Crippen LogP contribution in [0, 0.1) is 6.92 Å². The number of benzene rings is 2. The molecule has 146 valence electrons. The zero-order valence-electron chi connectivity index (χ0n) is 16.0. The van der Waals surface area contributed by atoms with Crippen molar-refractivity contribution in [2.75, 3.05) is 5.32 Å². The zero-order valence-corrected chi connectivity index (χ0v) is 16.9. The third-order valence-electron chi connectivity index (χ3n) is 4.48. The standard InChI is InChI=1S/C23H21N3O2S/c1-17-24-22(16-29-17)19-9-11-20(12-10-19)25-23(27)26(15-21-8-5-13-28-21)14-18-6-3-2-4-7-18/h2-13,16H,14-15H2,1H3,(H,25,27). The van der Waals surface area contributed by atoms with Crippen molar-refractivity contribution in [2.45, 2.75) is 20.0 Å². The molecule has 0 unspecified atom stereocenters. The largest absolute Gasteiger partial charge is 0.467 e. The second-order valence-corrected chi connectivity index (χ2v) is 7.74. The van der Waals surface area contributed by atoms with Gasteiger partial charge < -0.3 is 14.6 Å². The first-order valence-corrected chi connectivity index (χ1v) is 10.2. The number of thiazole rings is 1. The molecule has 0 aliphatic rings. The molecule has 4 rings (SSSR count). The Balaban J connectivity index is 1.48. The molecule has 29 heavy (non-hydrogen) atoms. The summed E-state index contributed by atoms with van der Waals surface area (Å²) in [6.45, 7) is 2.87. The molecule has 4 aromatic rings. The molecule has 6 heteroatoms. The summed E-state index contributed by atoms with van der Waals surface area (Å²) in [5, 5.41) is 6.06. The van der Waals surface area contributed by atoms with E-state index < -0.39 is 0 Å². The number of nitrogens with one attached hydrogen (secondary N) is 1. The first kappa shape index (κ1) is 19.0. The number of carbonyl (C=O) groups excluding carboxylic acids is 1. The van der Waals surface area contributed by atoms with Gasteiger partial charge >= 0.3 is 6.03 Å². The molecular weight excluding hydrogens is 382 g/mol. The van der Waals surface area contributed by atoms with Crippen LogP contribution < -0.4 is 5.32 Å². The monoisotopic (exact) mass is 403 g/mol. The lowest BCUT2D eigenvalue weighted by Crippen LogP contribution is -2.33. The maximum atomic E-state index is 13.0. The lowest BCUT2D eigenvalue weighted by Gasteiger charge is -2.22. The molecule has 0 atom stereocenters. The normalized spacial score (nSPS) is 10.7. The summed E-state index contributed by atoms with van der Waals surface area (Å²) in [6, 6.07) is 21.2. The predicted octanol–water partition coefficient (Wildman–Crippen LogP) is 5.95. The van der Waals surface area contributed by atoms with Crippen LogP contribution in [0.15, 0.2) is 82.8 Å². The minimum atomic E-state index is -0.178. The summed E-state index contributed by atoms with van der Waals surface area (Å²) in [4.78, 5) is 19.2. The molecule has 0 fully saturated rings. The van der Waals surface area contributed by atoms with Crippen molar-refractivity contribution >= 4 is 23.1 Å². The number of hydrogen-bond donors (Lipinski definition) is 1. The second kappa shape index (κ2) is 8.75. The van der Waals surface area contributed by atoms with E-state index in [0.717, 1.165) is 33.3 Å². The van der Waals surface area contributed by atoms with Crippen molar-refractivity contribution < 1.29 is 9.21 Å². The Bertz CT molecular complexity index is 1060. The van der Waals surface area contributed by atoms with Gasteiger partial charge in [-0.1, -0.05) is 42.5 Å². The number of aromatic nitrogens is 1. The van der Waals surface area contributed by atoms with Crippen molar-refractivity contribution in [2.24, 2.45) is 0 Å². The van der Waals surface area contributed by atoms with E-state index in [-0.39, 0.29) is 6.03 Å². The van der Waals surface area contributed by atoms with Gasteiger partial charge in [0.05, 0.1) is 23.5 Å². The molecule has 2 aromatic carbocycles. The number of anilines is 1. The Morgan fingerprint density at radius 1 is 1.03 bits per heavy atom. The third kappa shape index (κ3) is 4.92. The van der Waals surface area contributed by atoms with Crippen molar-refractivity contribution in [3.63, 3.8) is 0 Å². The van der Waals surface area contributed by atoms with E-state index in [1.165, 1.54) is 0 Å². The molecule has 0 spiro atoms. The molecule has 0 saturated heterocycles. The number of rotatable bonds is 6. The molecular formula is C23H21N3O2S. The van der Waals surface area contributed by atoms with Crippen LogP contribution in [0.3, 0.4) is 0 Å². The fraction of sp³-hybridized carbons (Fsp3) is 0.130. The van der Waals surface area contributed by atoms with E-state index in [0.29, 0.717) is 13.1 Å². The van der Waals surface area contributed by atoms with E-state index >= 15 is 0 Å². The Kier molecular flexibility index (Phi) is 5.72. The number of aryl methyl sites for hydroxylation is 1. The maximum Gasteiger partial charge on any atom is 0.322 e. The van der Waals surface area contributed by atoms with E-state index in [2.05, 4.69) is 10.3 Å². The summed E-state index contributed by atoms with van der Waals surface area (Å²) < 4.78 is 5.44. The van der Waals surface area contributed by atoms with Crippen LogP contribution in [-0.4, -0.2) is 15.9 Å². The van der Waals surface area contributed by atoms with Crippen molar-refractivity contribution in [1.82, 2.24) is 9.88 Å². The molecule has 0 radical (unpaired) electrons. The molecule has 2 aromatic heterocycles. The van der Waals surface area contributed by atoms with Crippen molar-refractivity contribution in [3.05, 3.63) is 94.7 Å². The third-order valence-corrected chi connectivity index (χ3v) is 5.25. The van der Waals surface area contributed by atoms with Gasteiger partial charge in [-0.15, -0.1) is 11.3 Å². The molecule has 5 nitrogen and oxygen atoms in total. The minimum Gasteiger partial charge on any atom is -0.467 e. The Labute approximate surface area is 173 Å². The van der Waals surface area contributed by atoms with E-state index in [1.54, 1.807) is 22.5 Å². The van der Waals surface area contributed by atoms with Gasteiger partial charge in [0.25, 0.3) is 0 Å². The van der Waals surface area contributed by atoms with Crippen LogP contribution in [0.4, 0.5) is 10.5 Å². The van der Waals surface area contributed by atoms with Crippen molar-refractivity contribution in [3.8, 4) is 11.3 Å². The van der Waals surface area contributed by atoms with Crippen LogP contribution in [0.5, 0.6) is 0 Å². The van der Waals surface area contributed by atoms with E-state index in [9.17, 15) is 4.79 Å². The first-order chi connectivity index (χ1) is 14.2. The highest BCUT2D eigenvalue weighted by Crippen LogP contribution is 2.23. The zero-order chi connectivity index (χ0) is 20.1. The summed E-state index contributed by atoms with van der Waals surface area (Å²) in [5.41, 5.74) is 3.78. The molecule has 0 aliphatic carbocycles. The fourth-order valence-electron chi connectivity index (χ4n) is 3.02. The number of furan rings is 1. The van der Waals surface area contributed by atoms with E-state index in [4.69, 9.17) is 4.42 Å². The molecule has 0 bridgehead atoms. The molecule has 2 heterocycles. The first-order valence-electron chi connectivity index (χ1n) is 9.32. The number of amides is 2. The number of urea groups is 1. The quantitative estimate of drug-likeness (QED) is 0.433. The molecule has 0 aliphatic heterocycles. The minimum absolute atomic E-state index is 0.178. The molecule has 2 amide bonds. The average Bonchev–Trinajstić information content (AvgIpc) is 3.41. The Morgan fingerprint density at radius 3 is 2.48 bits per heavy atom. The van der Waals surface area contributed by atoms with Crippen LogP contribution >= 0.6 is 11.3 Å². The van der Waals surface area contributed by atoms with Gasteiger partial charge in [0.1, 0.15) is 5.76 Å². The lowest BCUT2D eigenvalue weighted by atomic mass is 10.1. The summed E-state index contributed by atoms with van der Waals surface area (Å²) in [6.07, 6.45) is 1.62. The van der Waals surface area contributed by atoms with Crippen LogP contribution in [0.2, 0.25) is 0 Å². The maximum absolute atomic E-state index is 13.0. The van der Waals surface area contributed by atoms with Gasteiger partial charge in [0.15, 0.2) is 0 Å². The van der Waals surface area contributed by atoms with Gasteiger partial charge in [0, 0.05) is 23.2 Å². The van der Waals surface area contributed by atoms with Gasteiger partial charge in [-0.05, 0) is 36.8 Å². The highest BCUT2D eigenvalue weighted by Gasteiger charge is 2.16. The number of nitrogens with zero attached hydrogens (tertiary/aromatic N) is 2. The SMILES string of the molecule is Cc1nc(-c2ccc(NC(=O)N(Cc3ccccc3)Cc3ccco3)cc2)cs1. The topological polar surface area (TPSA) is 58.4 Å². The van der Waals surface area contributed by atoms with Crippen LogP contribution in [0.25, 0.3) is 11.3 Å². The summed E-state index contributed by atoms with van der Waals surface area (Å²) in [5.74, 6) is 0.741. The van der Waals surface area contributed by atoms with E-state index in [1.807, 2.05) is 79.0 Å². The van der Waals surface area contributed by atoms with Gasteiger partial charge in [-0.3, -0.25) is 0 Å². The van der Waals surface area contributed by atoms with Crippen LogP contribution in [0.1, 0.15) is 16.3 Å². The van der Waals surface area contributed by atoms with Gasteiger partial charge in [0.2, 0.25) is 0 Å². The average molecular weight is 404 g/mol. The highest BCUT2D eigenvalue weighted by molar-refractivity contribution is 7.09.